The van der Waals surface area contributed by atoms with Crippen LogP contribution < -0.4 is 10.1 Å². The van der Waals surface area contributed by atoms with Crippen LogP contribution in [0.5, 0.6) is 5.75 Å². The van der Waals surface area contributed by atoms with Gasteiger partial charge in [-0.2, -0.15) is 5.10 Å². The first-order chi connectivity index (χ1) is 18.9. The van der Waals surface area contributed by atoms with E-state index in [0.717, 1.165) is 49.9 Å². The summed E-state index contributed by atoms with van der Waals surface area (Å²) in [6.45, 7) is 3.68. The number of benzene rings is 2. The number of anilines is 1. The number of fused-ring (bicyclic) bond motifs is 2. The van der Waals surface area contributed by atoms with Gasteiger partial charge in [0.2, 0.25) is 5.91 Å². The molecule has 9 heteroatoms. The molecule has 39 heavy (non-hydrogen) atoms. The second-order valence-corrected chi connectivity index (χ2v) is 9.62. The van der Waals surface area contributed by atoms with Crippen molar-refractivity contribution in [2.24, 2.45) is 5.92 Å². The van der Waals surface area contributed by atoms with Gasteiger partial charge in [-0.3, -0.25) is 19.9 Å². The maximum Gasteiger partial charge on any atom is 0.226 e. The van der Waals surface area contributed by atoms with Crippen LogP contribution in [0, 0.1) is 11.7 Å². The summed E-state index contributed by atoms with van der Waals surface area (Å²) in [7, 11) is 1.52. The summed E-state index contributed by atoms with van der Waals surface area (Å²) >= 11 is 0. The second kappa shape index (κ2) is 9.68. The van der Waals surface area contributed by atoms with Crippen molar-refractivity contribution in [2.45, 2.75) is 13.8 Å². The smallest absolute Gasteiger partial charge is 0.226 e. The van der Waals surface area contributed by atoms with Gasteiger partial charge in [0.25, 0.3) is 0 Å². The molecule has 0 spiro atoms. The number of halogens is 1. The lowest BCUT2D eigenvalue weighted by molar-refractivity contribution is -0.118. The van der Waals surface area contributed by atoms with Gasteiger partial charge in [0.1, 0.15) is 17.3 Å². The number of aromatic amines is 2. The zero-order valence-electron chi connectivity index (χ0n) is 21.5. The summed E-state index contributed by atoms with van der Waals surface area (Å²) < 4.78 is 19.5. The van der Waals surface area contributed by atoms with Gasteiger partial charge >= 0.3 is 0 Å². The molecule has 0 unspecified atom stereocenters. The Labute approximate surface area is 223 Å². The summed E-state index contributed by atoms with van der Waals surface area (Å²) in [5.74, 6) is -0.128. The van der Waals surface area contributed by atoms with Gasteiger partial charge in [0.05, 0.1) is 42.1 Å². The number of aromatic nitrogens is 5. The SMILES string of the molecule is COc1cc(F)cc(-c2cccc3[nH]c(-c4n[nH]c5cnc(-c6cncc(NC(=O)C(C)C)c6)cc45)cc23)c1. The van der Waals surface area contributed by atoms with Crippen LogP contribution in [0.15, 0.2) is 73.2 Å². The molecule has 1 amide bonds. The molecule has 194 valence electrons. The van der Waals surface area contributed by atoms with Gasteiger partial charge in [-0.1, -0.05) is 26.0 Å². The fourth-order valence-corrected chi connectivity index (χ4v) is 4.59. The van der Waals surface area contributed by atoms with Crippen LogP contribution in [0.4, 0.5) is 10.1 Å². The third-order valence-electron chi connectivity index (χ3n) is 6.61. The van der Waals surface area contributed by atoms with Crippen molar-refractivity contribution in [1.82, 2.24) is 25.1 Å². The number of H-pyrrole nitrogens is 2. The summed E-state index contributed by atoms with van der Waals surface area (Å²) in [5.41, 5.74) is 6.88. The van der Waals surface area contributed by atoms with Crippen molar-refractivity contribution in [1.29, 1.82) is 0 Å². The molecule has 0 bridgehead atoms. The van der Waals surface area contributed by atoms with E-state index in [1.165, 1.54) is 19.2 Å². The Hall–Kier alpha value is -5.05. The highest BCUT2D eigenvalue weighted by atomic mass is 19.1. The van der Waals surface area contributed by atoms with Gasteiger partial charge in [-0.15, -0.1) is 0 Å². The van der Waals surface area contributed by atoms with Gasteiger partial charge in [0, 0.05) is 40.0 Å². The zero-order valence-corrected chi connectivity index (χ0v) is 21.5. The van der Waals surface area contributed by atoms with Crippen molar-refractivity contribution < 1.29 is 13.9 Å². The number of pyridine rings is 2. The van der Waals surface area contributed by atoms with Crippen molar-refractivity contribution in [3.63, 3.8) is 0 Å². The predicted octanol–water partition coefficient (Wildman–Crippen LogP) is 6.58. The third kappa shape index (κ3) is 4.59. The highest BCUT2D eigenvalue weighted by Gasteiger charge is 2.16. The monoisotopic (exact) mass is 520 g/mol. The quantitative estimate of drug-likeness (QED) is 0.230. The Bertz CT molecular complexity index is 1860. The van der Waals surface area contributed by atoms with Crippen molar-refractivity contribution in [2.75, 3.05) is 12.4 Å². The number of carbonyl (C=O) groups excluding carboxylic acids is 1. The summed E-state index contributed by atoms with van der Waals surface area (Å²) in [4.78, 5) is 24.5. The summed E-state index contributed by atoms with van der Waals surface area (Å²) in [5, 5.41) is 12.3. The van der Waals surface area contributed by atoms with E-state index >= 15 is 0 Å². The Morgan fingerprint density at radius 1 is 0.974 bits per heavy atom. The van der Waals surface area contributed by atoms with Crippen LogP contribution in [-0.2, 0) is 4.79 Å². The largest absolute Gasteiger partial charge is 0.497 e. The first kappa shape index (κ1) is 24.3. The molecular weight excluding hydrogens is 495 g/mol. The first-order valence-corrected chi connectivity index (χ1v) is 12.5. The molecule has 0 aliphatic carbocycles. The molecule has 2 aromatic carbocycles. The molecule has 4 heterocycles. The number of nitrogens with one attached hydrogen (secondary N) is 3. The van der Waals surface area contributed by atoms with Crippen LogP contribution in [0.2, 0.25) is 0 Å². The topological polar surface area (TPSA) is 109 Å². The van der Waals surface area contributed by atoms with Crippen LogP contribution in [0.1, 0.15) is 13.8 Å². The highest BCUT2D eigenvalue weighted by Crippen LogP contribution is 2.36. The van der Waals surface area contributed by atoms with Crippen molar-refractivity contribution in [3.05, 3.63) is 79.0 Å². The molecule has 0 saturated carbocycles. The normalized spacial score (nSPS) is 11.4. The number of nitrogens with zero attached hydrogens (tertiary/aromatic N) is 3. The van der Waals surface area contributed by atoms with E-state index in [1.54, 1.807) is 18.6 Å². The molecule has 6 aromatic rings. The second-order valence-electron chi connectivity index (χ2n) is 9.62. The lowest BCUT2D eigenvalue weighted by atomic mass is 10.0. The lowest BCUT2D eigenvalue weighted by Gasteiger charge is -2.08. The fourth-order valence-electron chi connectivity index (χ4n) is 4.59. The molecular formula is C30H25FN6O2. The molecule has 4 aromatic heterocycles. The van der Waals surface area contributed by atoms with E-state index < -0.39 is 0 Å². The molecule has 8 nitrogen and oxygen atoms in total. The van der Waals surface area contributed by atoms with Gasteiger partial charge < -0.3 is 15.0 Å². The maximum absolute atomic E-state index is 14.3. The lowest BCUT2D eigenvalue weighted by Crippen LogP contribution is -2.17. The van der Waals surface area contributed by atoms with Crippen molar-refractivity contribution >= 4 is 33.4 Å². The number of hydrogen-bond acceptors (Lipinski definition) is 5. The Kier molecular flexibility index (Phi) is 6.03. The molecule has 0 aliphatic rings. The number of amides is 1. The standard InChI is InChI=1S/C30H25FN6O2/c1-16(2)30(38)34-20-8-18(13-32-14-20)26-12-24-28(15-33-26)36-37-29(24)27-11-23-22(5-4-6-25(23)35-27)17-7-19(31)10-21(9-17)39-3/h4-16,35H,1-3H3,(H,34,38)(H,36,37). The average molecular weight is 521 g/mol. The van der Waals surface area contributed by atoms with Gasteiger partial charge in [-0.25, -0.2) is 4.39 Å². The molecule has 0 saturated heterocycles. The number of rotatable bonds is 6. The van der Waals surface area contributed by atoms with Gasteiger partial charge in [-0.05, 0) is 47.5 Å². The molecule has 0 radical (unpaired) electrons. The number of hydrogen-bond donors (Lipinski definition) is 3. The minimum atomic E-state index is -0.363. The maximum atomic E-state index is 14.3. The predicted molar refractivity (Wildman–Crippen MR) is 150 cm³/mol. The summed E-state index contributed by atoms with van der Waals surface area (Å²) in [6.07, 6.45) is 5.05. The first-order valence-electron chi connectivity index (χ1n) is 12.5. The van der Waals surface area contributed by atoms with Crippen LogP contribution in [0.3, 0.4) is 0 Å². The molecule has 0 atom stereocenters. The molecule has 0 fully saturated rings. The Balaban J connectivity index is 1.41. The third-order valence-corrected chi connectivity index (χ3v) is 6.61. The van der Waals surface area contributed by atoms with E-state index in [4.69, 9.17) is 4.74 Å². The van der Waals surface area contributed by atoms with Crippen molar-refractivity contribution in [3.8, 4) is 39.5 Å². The fraction of sp³-hybridized carbons (Fsp3) is 0.133. The summed E-state index contributed by atoms with van der Waals surface area (Å²) in [6, 6.07) is 16.3. The van der Waals surface area contributed by atoms with E-state index in [9.17, 15) is 9.18 Å². The van der Waals surface area contributed by atoms with E-state index in [1.807, 2.05) is 56.3 Å². The Morgan fingerprint density at radius 2 is 1.85 bits per heavy atom. The van der Waals surface area contributed by atoms with E-state index in [0.29, 0.717) is 17.1 Å². The van der Waals surface area contributed by atoms with Crippen LogP contribution in [0.25, 0.3) is 55.6 Å². The Morgan fingerprint density at radius 3 is 2.67 bits per heavy atom. The number of ether oxygens (including phenoxy) is 1. The van der Waals surface area contributed by atoms with Crippen LogP contribution in [-0.4, -0.2) is 38.2 Å². The minimum absolute atomic E-state index is 0.0793. The number of carbonyl (C=O) groups is 1. The molecule has 0 aliphatic heterocycles. The molecule has 6 rings (SSSR count). The average Bonchev–Trinajstić information content (AvgIpc) is 3.56. The van der Waals surface area contributed by atoms with Crippen LogP contribution >= 0.6 is 0 Å². The van der Waals surface area contributed by atoms with E-state index in [-0.39, 0.29) is 17.6 Å². The minimum Gasteiger partial charge on any atom is -0.497 e. The highest BCUT2D eigenvalue weighted by molar-refractivity contribution is 6.01. The van der Waals surface area contributed by atoms with E-state index in [2.05, 4.69) is 30.5 Å². The van der Waals surface area contributed by atoms with Gasteiger partial charge in [0.15, 0.2) is 0 Å². The molecule has 3 N–H and O–H groups in total. The zero-order chi connectivity index (χ0) is 27.1. The number of methoxy groups -OCH3 is 1.